The highest BCUT2D eigenvalue weighted by Crippen LogP contribution is 2.21. The third-order valence-electron chi connectivity index (χ3n) is 2.77. The Labute approximate surface area is 114 Å². The molecule has 0 amide bonds. The zero-order valence-corrected chi connectivity index (χ0v) is 12.2. The van der Waals surface area contributed by atoms with E-state index in [4.69, 9.17) is 0 Å². The van der Waals surface area contributed by atoms with Crippen molar-refractivity contribution in [3.63, 3.8) is 0 Å². The van der Waals surface area contributed by atoms with E-state index in [-0.39, 0.29) is 23.8 Å². The summed E-state index contributed by atoms with van der Waals surface area (Å²) in [6.45, 7) is 5.55. The summed E-state index contributed by atoms with van der Waals surface area (Å²) in [6, 6.07) is 2.72. The molecule has 6 heteroatoms. The molecule has 1 N–H and O–H groups in total. The van der Waals surface area contributed by atoms with Crippen LogP contribution in [0.2, 0.25) is 0 Å². The van der Waals surface area contributed by atoms with Gasteiger partial charge in [0.15, 0.2) is 0 Å². The predicted octanol–water partition coefficient (Wildman–Crippen LogP) is 1.66. The van der Waals surface area contributed by atoms with E-state index < -0.39 is 10.0 Å². The molecule has 1 aromatic rings. The summed E-state index contributed by atoms with van der Waals surface area (Å²) in [7, 11) is -0.468. The van der Waals surface area contributed by atoms with Gasteiger partial charge in [0.1, 0.15) is 5.82 Å². The summed E-state index contributed by atoms with van der Waals surface area (Å²) >= 11 is 0. The lowest BCUT2D eigenvalue weighted by atomic mass is 10.1. The predicted molar refractivity (Wildman–Crippen MR) is 73.9 cm³/mol. The number of hydrogen-bond donors (Lipinski definition) is 1. The SMILES string of the molecule is C=CCN(C)S(=O)(=O)c1cc(C)c(F)c(CNC)c1. The van der Waals surface area contributed by atoms with Gasteiger partial charge in [0, 0.05) is 25.7 Å². The van der Waals surface area contributed by atoms with Gasteiger partial charge in [-0.05, 0) is 31.7 Å². The molecule has 0 radical (unpaired) electrons. The average Bonchev–Trinajstić information content (AvgIpc) is 2.35. The number of aryl methyl sites for hydroxylation is 1. The minimum atomic E-state index is -3.61. The highest BCUT2D eigenvalue weighted by atomic mass is 32.2. The minimum absolute atomic E-state index is 0.0981. The van der Waals surface area contributed by atoms with E-state index in [1.165, 1.54) is 29.6 Å². The minimum Gasteiger partial charge on any atom is -0.316 e. The summed E-state index contributed by atoms with van der Waals surface area (Å²) in [5.74, 6) is -0.375. The van der Waals surface area contributed by atoms with Crippen molar-refractivity contribution in [1.82, 2.24) is 9.62 Å². The number of rotatable bonds is 6. The molecule has 0 aromatic heterocycles. The fourth-order valence-electron chi connectivity index (χ4n) is 1.73. The van der Waals surface area contributed by atoms with E-state index in [0.717, 1.165) is 0 Å². The summed E-state index contributed by atoms with van der Waals surface area (Å²) in [5.41, 5.74) is 0.659. The largest absolute Gasteiger partial charge is 0.316 e. The van der Waals surface area contributed by atoms with Crippen molar-refractivity contribution in [2.24, 2.45) is 0 Å². The van der Waals surface area contributed by atoms with E-state index in [2.05, 4.69) is 11.9 Å². The lowest BCUT2D eigenvalue weighted by Crippen LogP contribution is -2.27. The molecular weight excluding hydrogens is 267 g/mol. The van der Waals surface area contributed by atoms with Gasteiger partial charge in [0.05, 0.1) is 4.90 Å². The highest BCUT2D eigenvalue weighted by Gasteiger charge is 2.22. The first kappa shape index (κ1) is 15.8. The van der Waals surface area contributed by atoms with Crippen molar-refractivity contribution in [2.75, 3.05) is 20.6 Å². The Morgan fingerprint density at radius 3 is 2.63 bits per heavy atom. The van der Waals surface area contributed by atoms with Crippen LogP contribution in [-0.4, -0.2) is 33.4 Å². The summed E-state index contributed by atoms with van der Waals surface area (Å²) in [4.78, 5) is 0.0981. The van der Waals surface area contributed by atoms with E-state index in [0.29, 0.717) is 11.1 Å². The van der Waals surface area contributed by atoms with Gasteiger partial charge in [0.25, 0.3) is 0 Å². The number of halogens is 1. The molecule has 0 atom stereocenters. The standard InChI is InChI=1S/C13H19FN2O2S/c1-5-6-16(4)19(17,18)12-7-10(2)13(14)11(8-12)9-15-3/h5,7-8,15H,1,6,9H2,2-4H3. The zero-order chi connectivity index (χ0) is 14.6. The maximum atomic E-state index is 13.8. The average molecular weight is 286 g/mol. The van der Waals surface area contributed by atoms with Crippen molar-refractivity contribution >= 4 is 10.0 Å². The van der Waals surface area contributed by atoms with Crippen LogP contribution in [-0.2, 0) is 16.6 Å². The lowest BCUT2D eigenvalue weighted by Gasteiger charge is -2.17. The maximum absolute atomic E-state index is 13.8. The molecule has 4 nitrogen and oxygen atoms in total. The summed E-state index contributed by atoms with van der Waals surface area (Å²) in [6.07, 6.45) is 1.50. The van der Waals surface area contributed by atoms with Crippen LogP contribution >= 0.6 is 0 Å². The number of likely N-dealkylation sites (N-methyl/N-ethyl adjacent to an activating group) is 1. The molecule has 0 saturated carbocycles. The second-order valence-electron chi connectivity index (χ2n) is 4.32. The van der Waals surface area contributed by atoms with Gasteiger partial charge in [-0.15, -0.1) is 6.58 Å². The second kappa shape index (κ2) is 6.27. The molecule has 0 fully saturated rings. The van der Waals surface area contributed by atoms with Gasteiger partial charge >= 0.3 is 0 Å². The molecule has 0 spiro atoms. The Hall–Kier alpha value is -1.24. The zero-order valence-electron chi connectivity index (χ0n) is 11.4. The molecule has 0 heterocycles. The third-order valence-corrected chi connectivity index (χ3v) is 4.57. The van der Waals surface area contributed by atoms with Gasteiger partial charge in [-0.3, -0.25) is 0 Å². The van der Waals surface area contributed by atoms with Crippen LogP contribution in [0.5, 0.6) is 0 Å². The van der Waals surface area contributed by atoms with Gasteiger partial charge < -0.3 is 5.32 Å². The Bertz CT molecular complexity index is 570. The van der Waals surface area contributed by atoms with E-state index >= 15 is 0 Å². The van der Waals surface area contributed by atoms with Crippen molar-refractivity contribution in [3.8, 4) is 0 Å². The van der Waals surface area contributed by atoms with Crippen LogP contribution < -0.4 is 5.32 Å². The third kappa shape index (κ3) is 3.40. The maximum Gasteiger partial charge on any atom is 0.243 e. The number of nitrogens with one attached hydrogen (secondary N) is 1. The quantitative estimate of drug-likeness (QED) is 0.809. The smallest absolute Gasteiger partial charge is 0.243 e. The van der Waals surface area contributed by atoms with Crippen LogP contribution in [0.1, 0.15) is 11.1 Å². The molecule has 0 bridgehead atoms. The van der Waals surface area contributed by atoms with Gasteiger partial charge in [-0.25, -0.2) is 12.8 Å². The first-order valence-electron chi connectivity index (χ1n) is 5.85. The van der Waals surface area contributed by atoms with Crippen LogP contribution in [0.25, 0.3) is 0 Å². The Kier molecular flexibility index (Phi) is 5.22. The van der Waals surface area contributed by atoms with Crippen LogP contribution in [0.15, 0.2) is 29.7 Å². The molecule has 0 aliphatic carbocycles. The van der Waals surface area contributed by atoms with E-state index in [9.17, 15) is 12.8 Å². The lowest BCUT2D eigenvalue weighted by molar-refractivity contribution is 0.498. The molecule has 106 valence electrons. The fourth-order valence-corrected chi connectivity index (χ4v) is 3.01. The number of hydrogen-bond acceptors (Lipinski definition) is 3. The van der Waals surface area contributed by atoms with Gasteiger partial charge in [-0.1, -0.05) is 6.08 Å². The topological polar surface area (TPSA) is 49.4 Å². The van der Waals surface area contributed by atoms with Crippen molar-refractivity contribution in [3.05, 3.63) is 41.7 Å². The van der Waals surface area contributed by atoms with Crippen molar-refractivity contribution in [2.45, 2.75) is 18.4 Å². The van der Waals surface area contributed by atoms with Crippen molar-refractivity contribution < 1.29 is 12.8 Å². The molecular formula is C13H19FN2O2S. The van der Waals surface area contributed by atoms with E-state index in [1.807, 2.05) is 0 Å². The molecule has 0 saturated heterocycles. The summed E-state index contributed by atoms with van der Waals surface area (Å²) in [5, 5.41) is 2.82. The van der Waals surface area contributed by atoms with Crippen LogP contribution in [0.3, 0.4) is 0 Å². The van der Waals surface area contributed by atoms with Crippen molar-refractivity contribution in [1.29, 1.82) is 0 Å². The number of benzene rings is 1. The van der Waals surface area contributed by atoms with Crippen LogP contribution in [0, 0.1) is 12.7 Å². The normalized spacial score (nSPS) is 11.8. The van der Waals surface area contributed by atoms with Gasteiger partial charge in [0.2, 0.25) is 10.0 Å². The summed E-state index contributed by atoms with van der Waals surface area (Å²) < 4.78 is 39.6. The van der Waals surface area contributed by atoms with E-state index in [1.54, 1.807) is 14.0 Å². The van der Waals surface area contributed by atoms with Crippen LogP contribution in [0.4, 0.5) is 4.39 Å². The molecule has 1 rings (SSSR count). The molecule has 19 heavy (non-hydrogen) atoms. The molecule has 1 aromatic carbocycles. The Balaban J connectivity index is 3.31. The highest BCUT2D eigenvalue weighted by molar-refractivity contribution is 7.89. The molecule has 0 unspecified atom stereocenters. The first-order chi connectivity index (χ1) is 8.84. The molecule has 0 aliphatic rings. The second-order valence-corrected chi connectivity index (χ2v) is 6.36. The Morgan fingerprint density at radius 1 is 1.47 bits per heavy atom. The molecule has 0 aliphatic heterocycles. The number of sulfonamides is 1. The monoisotopic (exact) mass is 286 g/mol. The first-order valence-corrected chi connectivity index (χ1v) is 7.29. The van der Waals surface area contributed by atoms with Gasteiger partial charge in [-0.2, -0.15) is 4.31 Å². The Morgan fingerprint density at radius 2 is 2.11 bits per heavy atom. The fraction of sp³-hybridized carbons (Fsp3) is 0.385. The number of nitrogens with zero attached hydrogens (tertiary/aromatic N) is 1.